The lowest BCUT2D eigenvalue weighted by molar-refractivity contribution is 0.482. The Morgan fingerprint density at radius 3 is 2.74 bits per heavy atom. The third-order valence-corrected chi connectivity index (χ3v) is 7.08. The summed E-state index contributed by atoms with van der Waals surface area (Å²) < 4.78 is 6.11. The molecule has 0 bridgehead atoms. The molecule has 0 radical (unpaired) electrons. The zero-order chi connectivity index (χ0) is 16.0. The van der Waals surface area contributed by atoms with Gasteiger partial charge in [0.1, 0.15) is 23.6 Å². The van der Waals surface area contributed by atoms with E-state index in [0.717, 1.165) is 41.4 Å². The van der Waals surface area contributed by atoms with E-state index in [4.69, 9.17) is 21.3 Å². The predicted octanol–water partition coefficient (Wildman–Crippen LogP) is 5.07. The fraction of sp³-hybridized carbons (Fsp3) is 0.278. The molecule has 2 aliphatic heterocycles. The van der Waals surface area contributed by atoms with E-state index < -0.39 is 7.26 Å². The number of hydrogen-bond donors (Lipinski definition) is 0. The Kier molecular flexibility index (Phi) is 3.59. The van der Waals surface area contributed by atoms with Crippen LogP contribution in [0.2, 0.25) is 5.02 Å². The monoisotopic (exact) mass is 345 g/mol. The Labute approximate surface area is 142 Å². The van der Waals surface area contributed by atoms with E-state index in [1.165, 1.54) is 6.16 Å². The normalized spacial score (nSPS) is 18.6. The minimum absolute atomic E-state index is 0.708. The van der Waals surface area contributed by atoms with Crippen LogP contribution >= 0.6 is 18.9 Å². The molecule has 1 saturated heterocycles. The molecule has 0 unspecified atom stereocenters. The number of rotatable bonds is 0. The molecule has 5 heteroatoms. The second-order valence-corrected chi connectivity index (χ2v) is 11.7. The van der Waals surface area contributed by atoms with Crippen LogP contribution in [0.4, 0.5) is 5.69 Å². The van der Waals surface area contributed by atoms with E-state index in [0.29, 0.717) is 5.02 Å². The molecule has 0 amide bonds. The standard InChI is InChI=1S/C18H19ClN2OP/c1-23(2)10-9-21(12-23)18-14-11-13(19)7-8-16(14)22-17-6-4-3-5-15(17)20-18/h3-8,11H,9-10,12H2,1-2H3/q+1. The molecular formula is C18H19ClN2OP+. The van der Waals surface area contributed by atoms with E-state index in [1.807, 2.05) is 42.5 Å². The van der Waals surface area contributed by atoms with Crippen LogP contribution in [0.5, 0.6) is 11.5 Å². The molecular weight excluding hydrogens is 327 g/mol. The van der Waals surface area contributed by atoms with Crippen LogP contribution in [0.3, 0.4) is 0 Å². The van der Waals surface area contributed by atoms with Crippen LogP contribution in [0.25, 0.3) is 0 Å². The fourth-order valence-corrected chi connectivity index (χ4v) is 5.40. The molecule has 0 atom stereocenters. The van der Waals surface area contributed by atoms with Crippen molar-refractivity contribution in [1.82, 2.24) is 4.90 Å². The first kappa shape index (κ1) is 15.0. The van der Waals surface area contributed by atoms with Crippen LogP contribution in [-0.4, -0.2) is 43.1 Å². The van der Waals surface area contributed by atoms with Crippen LogP contribution in [-0.2, 0) is 0 Å². The van der Waals surface area contributed by atoms with Crippen molar-refractivity contribution in [3.05, 3.63) is 53.1 Å². The smallest absolute Gasteiger partial charge is 0.153 e. The molecule has 2 aliphatic rings. The van der Waals surface area contributed by atoms with Gasteiger partial charge in [-0.1, -0.05) is 23.7 Å². The Morgan fingerprint density at radius 1 is 1.13 bits per heavy atom. The fourth-order valence-electron chi connectivity index (χ4n) is 3.10. The molecule has 1 fully saturated rings. The van der Waals surface area contributed by atoms with Crippen molar-refractivity contribution in [2.45, 2.75) is 0 Å². The Hall–Kier alpha value is -1.57. The minimum Gasteiger partial charge on any atom is -0.454 e. The minimum atomic E-state index is -0.867. The van der Waals surface area contributed by atoms with E-state index in [9.17, 15) is 0 Å². The summed E-state index contributed by atoms with van der Waals surface area (Å²) in [6, 6.07) is 13.7. The van der Waals surface area contributed by atoms with Gasteiger partial charge in [0.25, 0.3) is 0 Å². The number of halogens is 1. The summed E-state index contributed by atoms with van der Waals surface area (Å²) in [5.41, 5.74) is 1.86. The van der Waals surface area contributed by atoms with Crippen LogP contribution in [0.15, 0.2) is 47.5 Å². The quantitative estimate of drug-likeness (QED) is 0.622. The van der Waals surface area contributed by atoms with Crippen molar-refractivity contribution < 1.29 is 4.74 Å². The van der Waals surface area contributed by atoms with Gasteiger partial charge in [-0.2, -0.15) is 0 Å². The molecule has 0 aromatic heterocycles. The molecule has 0 spiro atoms. The van der Waals surface area contributed by atoms with Gasteiger partial charge in [-0.15, -0.1) is 0 Å². The summed E-state index contributed by atoms with van der Waals surface area (Å²) in [5.74, 6) is 2.60. The highest BCUT2D eigenvalue weighted by Crippen LogP contribution is 2.55. The third kappa shape index (κ3) is 2.84. The molecule has 118 valence electrons. The van der Waals surface area contributed by atoms with E-state index in [1.54, 1.807) is 0 Å². The van der Waals surface area contributed by atoms with Gasteiger partial charge >= 0.3 is 0 Å². The van der Waals surface area contributed by atoms with Crippen LogP contribution < -0.4 is 4.74 Å². The van der Waals surface area contributed by atoms with Gasteiger partial charge in [0.15, 0.2) is 5.75 Å². The Morgan fingerprint density at radius 2 is 1.96 bits per heavy atom. The lowest BCUT2D eigenvalue weighted by Crippen LogP contribution is -2.29. The molecule has 4 rings (SSSR count). The number of hydrogen-bond acceptors (Lipinski definition) is 3. The van der Waals surface area contributed by atoms with E-state index >= 15 is 0 Å². The van der Waals surface area contributed by atoms with Crippen LogP contribution in [0, 0.1) is 0 Å². The SMILES string of the molecule is C[P+]1(C)CCN(C2=Nc3ccccc3Oc3ccc(Cl)cc32)C1. The second kappa shape index (κ2) is 5.51. The summed E-state index contributed by atoms with van der Waals surface area (Å²) in [7, 11) is -0.867. The van der Waals surface area contributed by atoms with Gasteiger partial charge in [0, 0.05) is 12.3 Å². The maximum atomic E-state index is 6.25. The largest absolute Gasteiger partial charge is 0.454 e. The molecule has 23 heavy (non-hydrogen) atoms. The van der Waals surface area contributed by atoms with Gasteiger partial charge < -0.3 is 9.64 Å². The Balaban J connectivity index is 1.88. The van der Waals surface area contributed by atoms with Gasteiger partial charge in [-0.05, 0) is 30.3 Å². The number of nitrogens with zero attached hydrogens (tertiary/aromatic N) is 2. The molecule has 0 N–H and O–H groups in total. The number of aliphatic imine (C=N–C) groups is 1. The van der Waals surface area contributed by atoms with Crippen LogP contribution in [0.1, 0.15) is 5.56 Å². The van der Waals surface area contributed by atoms with Crippen molar-refractivity contribution in [2.75, 3.05) is 32.3 Å². The third-order valence-electron chi connectivity index (χ3n) is 4.32. The van der Waals surface area contributed by atoms with E-state index in [2.05, 4.69) is 18.2 Å². The van der Waals surface area contributed by atoms with Gasteiger partial charge in [-0.3, -0.25) is 0 Å². The van der Waals surface area contributed by atoms with Gasteiger partial charge in [0.2, 0.25) is 0 Å². The number of para-hydroxylation sites is 2. The molecule has 0 aliphatic carbocycles. The summed E-state index contributed by atoms with van der Waals surface area (Å²) in [4.78, 5) is 7.34. The van der Waals surface area contributed by atoms with Crippen molar-refractivity contribution >= 4 is 30.4 Å². The lowest BCUT2D eigenvalue weighted by Gasteiger charge is -2.20. The second-order valence-electron chi connectivity index (χ2n) is 6.71. The van der Waals surface area contributed by atoms with Gasteiger partial charge in [-0.25, -0.2) is 4.99 Å². The van der Waals surface area contributed by atoms with E-state index in [-0.39, 0.29) is 0 Å². The van der Waals surface area contributed by atoms with Crippen molar-refractivity contribution in [3.8, 4) is 11.5 Å². The molecule has 0 saturated carbocycles. The number of amidine groups is 1. The lowest BCUT2D eigenvalue weighted by atomic mass is 10.1. The highest BCUT2D eigenvalue weighted by Gasteiger charge is 2.38. The average Bonchev–Trinajstić information content (AvgIpc) is 2.79. The molecule has 2 aromatic rings. The molecule has 2 aromatic carbocycles. The highest BCUT2D eigenvalue weighted by molar-refractivity contribution is 7.74. The topological polar surface area (TPSA) is 24.8 Å². The first-order chi connectivity index (χ1) is 11.0. The number of fused-ring (bicyclic) bond motifs is 2. The van der Waals surface area contributed by atoms with Crippen molar-refractivity contribution in [2.24, 2.45) is 4.99 Å². The number of benzene rings is 2. The first-order valence-corrected chi connectivity index (χ1v) is 11.2. The summed E-state index contributed by atoms with van der Waals surface area (Å²) >= 11 is 6.25. The zero-order valence-corrected chi connectivity index (χ0v) is 14.9. The first-order valence-electron chi connectivity index (χ1n) is 7.74. The number of ether oxygens (including phenoxy) is 1. The average molecular weight is 346 g/mol. The summed E-state index contributed by atoms with van der Waals surface area (Å²) in [5, 5.41) is 0.708. The van der Waals surface area contributed by atoms with Crippen molar-refractivity contribution in [3.63, 3.8) is 0 Å². The summed E-state index contributed by atoms with van der Waals surface area (Å²) in [6.45, 7) is 5.87. The maximum Gasteiger partial charge on any atom is 0.153 e. The highest BCUT2D eigenvalue weighted by atomic mass is 35.5. The molecule has 2 heterocycles. The summed E-state index contributed by atoms with van der Waals surface area (Å²) in [6.07, 6.45) is 2.37. The maximum absolute atomic E-state index is 6.25. The zero-order valence-electron chi connectivity index (χ0n) is 13.3. The van der Waals surface area contributed by atoms with Gasteiger partial charge in [0.05, 0.1) is 31.6 Å². The predicted molar refractivity (Wildman–Crippen MR) is 99.4 cm³/mol. The Bertz CT molecular complexity index is 803. The molecule has 3 nitrogen and oxygen atoms in total. The van der Waals surface area contributed by atoms with Crippen molar-refractivity contribution in [1.29, 1.82) is 0 Å².